The number of nitrogens with two attached hydrogens (primary N) is 1. The van der Waals surface area contributed by atoms with E-state index in [4.69, 9.17) is 10.8 Å². The Morgan fingerprint density at radius 1 is 1.12 bits per heavy atom. The van der Waals surface area contributed by atoms with Crippen LogP contribution in [-0.2, 0) is 6.54 Å². The predicted molar refractivity (Wildman–Crippen MR) is 96.5 cm³/mol. The van der Waals surface area contributed by atoms with Gasteiger partial charge in [0.1, 0.15) is 0 Å². The third-order valence-corrected chi connectivity index (χ3v) is 4.62. The van der Waals surface area contributed by atoms with E-state index in [9.17, 15) is 4.79 Å². The number of carbonyl (C=O) groups is 1. The van der Waals surface area contributed by atoms with Gasteiger partial charge in [-0.3, -0.25) is 4.90 Å². The third-order valence-electron chi connectivity index (χ3n) is 4.62. The summed E-state index contributed by atoms with van der Waals surface area (Å²) in [6, 6.07) is 13.5. The average Bonchev–Trinajstić information content (AvgIpc) is 2.58. The predicted octanol–water partition coefficient (Wildman–Crippen LogP) is 2.60. The zero-order chi connectivity index (χ0) is 17.1. The van der Waals surface area contributed by atoms with Gasteiger partial charge in [0.2, 0.25) is 0 Å². The van der Waals surface area contributed by atoms with E-state index >= 15 is 0 Å². The van der Waals surface area contributed by atoms with Crippen molar-refractivity contribution < 1.29 is 9.90 Å². The molecule has 0 aromatic heterocycles. The van der Waals surface area contributed by atoms with Crippen LogP contribution in [0.15, 0.2) is 42.5 Å². The maximum absolute atomic E-state index is 11.0. The van der Waals surface area contributed by atoms with Crippen molar-refractivity contribution in [1.29, 1.82) is 0 Å². The molecular weight excluding hydrogens is 302 g/mol. The van der Waals surface area contributed by atoms with Gasteiger partial charge in [0, 0.05) is 44.1 Å². The summed E-state index contributed by atoms with van der Waals surface area (Å²) >= 11 is 0. The van der Waals surface area contributed by atoms with Gasteiger partial charge in [0.15, 0.2) is 0 Å². The fraction of sp³-hybridized carbons (Fsp3) is 0.316. The Balaban J connectivity index is 1.62. The van der Waals surface area contributed by atoms with E-state index < -0.39 is 5.97 Å². The fourth-order valence-electron chi connectivity index (χ4n) is 3.18. The molecule has 126 valence electrons. The number of hydrogen-bond acceptors (Lipinski definition) is 4. The van der Waals surface area contributed by atoms with E-state index in [1.165, 1.54) is 11.3 Å². The molecule has 24 heavy (non-hydrogen) atoms. The molecule has 5 heteroatoms. The number of hydrogen-bond donors (Lipinski definition) is 2. The molecule has 0 spiro atoms. The summed E-state index contributed by atoms with van der Waals surface area (Å²) in [5.41, 5.74) is 10.4. The van der Waals surface area contributed by atoms with Crippen molar-refractivity contribution >= 4 is 17.3 Å². The number of carboxylic acid groups (broad SMARTS) is 1. The number of carboxylic acids is 1. The summed E-state index contributed by atoms with van der Waals surface area (Å²) in [6.45, 7) is 6.80. The van der Waals surface area contributed by atoms with Crippen LogP contribution < -0.4 is 10.6 Å². The van der Waals surface area contributed by atoms with Crippen LogP contribution in [0.4, 0.5) is 11.4 Å². The molecule has 1 fully saturated rings. The molecule has 0 bridgehead atoms. The quantitative estimate of drug-likeness (QED) is 0.846. The monoisotopic (exact) mass is 325 g/mol. The Morgan fingerprint density at radius 2 is 1.83 bits per heavy atom. The van der Waals surface area contributed by atoms with Gasteiger partial charge in [-0.2, -0.15) is 0 Å². The third kappa shape index (κ3) is 3.51. The summed E-state index contributed by atoms with van der Waals surface area (Å²) in [6.07, 6.45) is 0. The molecule has 5 nitrogen and oxygen atoms in total. The van der Waals surface area contributed by atoms with E-state index in [1.54, 1.807) is 12.1 Å². The second-order valence-electron chi connectivity index (χ2n) is 6.27. The van der Waals surface area contributed by atoms with Crippen LogP contribution in [-0.4, -0.2) is 42.2 Å². The highest BCUT2D eigenvalue weighted by Gasteiger charge is 2.19. The topological polar surface area (TPSA) is 69.8 Å². The molecule has 1 heterocycles. The number of rotatable bonds is 4. The maximum atomic E-state index is 11.0. The zero-order valence-corrected chi connectivity index (χ0v) is 13.9. The number of aromatic carboxylic acids is 1. The lowest BCUT2D eigenvalue weighted by Gasteiger charge is -2.37. The smallest absolute Gasteiger partial charge is 0.335 e. The molecule has 3 N–H and O–H groups in total. The summed E-state index contributed by atoms with van der Waals surface area (Å²) < 4.78 is 0. The first-order valence-electron chi connectivity index (χ1n) is 8.19. The first-order chi connectivity index (χ1) is 11.5. The lowest BCUT2D eigenvalue weighted by molar-refractivity contribution is 0.0697. The molecule has 0 saturated carbocycles. The van der Waals surface area contributed by atoms with Gasteiger partial charge in [-0.25, -0.2) is 4.79 Å². The van der Waals surface area contributed by atoms with E-state index in [-0.39, 0.29) is 5.56 Å². The first-order valence-corrected chi connectivity index (χ1v) is 8.19. The first kappa shape index (κ1) is 16.3. The number of para-hydroxylation sites is 1. The van der Waals surface area contributed by atoms with Gasteiger partial charge in [-0.15, -0.1) is 0 Å². The Morgan fingerprint density at radius 3 is 2.46 bits per heavy atom. The standard InChI is InChI=1S/C19H23N3O2/c1-14-4-2-3-5-18(14)22-10-8-21(9-11-22)13-16-7-6-15(19(23)24)12-17(16)20/h2-7,12H,8-11,13,20H2,1H3,(H,23,24). The van der Waals surface area contributed by atoms with Crippen molar-refractivity contribution in [3.8, 4) is 0 Å². The Hall–Kier alpha value is -2.53. The Kier molecular flexibility index (Phi) is 4.71. The van der Waals surface area contributed by atoms with Crippen LogP contribution in [0.2, 0.25) is 0 Å². The minimum absolute atomic E-state index is 0.237. The second kappa shape index (κ2) is 6.93. The lowest BCUT2D eigenvalue weighted by Crippen LogP contribution is -2.46. The number of aryl methyl sites for hydroxylation is 1. The fourth-order valence-corrected chi connectivity index (χ4v) is 3.18. The highest BCUT2D eigenvalue weighted by atomic mass is 16.4. The van der Waals surface area contributed by atoms with Crippen molar-refractivity contribution in [2.75, 3.05) is 36.8 Å². The van der Waals surface area contributed by atoms with Crippen LogP contribution in [0.25, 0.3) is 0 Å². The van der Waals surface area contributed by atoms with Crippen molar-refractivity contribution in [1.82, 2.24) is 4.90 Å². The van der Waals surface area contributed by atoms with Crippen molar-refractivity contribution in [3.05, 3.63) is 59.2 Å². The maximum Gasteiger partial charge on any atom is 0.335 e. The minimum atomic E-state index is -0.944. The van der Waals surface area contributed by atoms with Crippen LogP contribution in [0.5, 0.6) is 0 Å². The summed E-state index contributed by atoms with van der Waals surface area (Å²) in [7, 11) is 0. The summed E-state index contributed by atoms with van der Waals surface area (Å²) in [4.78, 5) is 15.8. The molecule has 3 rings (SSSR count). The number of benzene rings is 2. The largest absolute Gasteiger partial charge is 0.478 e. The Labute approximate surface area is 142 Å². The molecule has 1 aliphatic heterocycles. The van der Waals surface area contributed by atoms with Crippen LogP contribution >= 0.6 is 0 Å². The molecule has 0 atom stereocenters. The molecule has 0 amide bonds. The molecule has 0 radical (unpaired) electrons. The van der Waals surface area contributed by atoms with Crippen LogP contribution in [0.1, 0.15) is 21.5 Å². The van der Waals surface area contributed by atoms with Gasteiger partial charge < -0.3 is 15.7 Å². The molecule has 0 unspecified atom stereocenters. The van der Waals surface area contributed by atoms with Gasteiger partial charge in [0.25, 0.3) is 0 Å². The number of anilines is 2. The highest BCUT2D eigenvalue weighted by Crippen LogP contribution is 2.22. The van der Waals surface area contributed by atoms with E-state index in [0.717, 1.165) is 38.3 Å². The number of nitrogens with zero attached hydrogens (tertiary/aromatic N) is 2. The van der Waals surface area contributed by atoms with Gasteiger partial charge in [-0.1, -0.05) is 24.3 Å². The van der Waals surface area contributed by atoms with E-state index in [1.807, 2.05) is 6.07 Å². The van der Waals surface area contributed by atoms with Gasteiger partial charge in [0.05, 0.1) is 5.56 Å². The van der Waals surface area contributed by atoms with Gasteiger partial charge in [-0.05, 0) is 36.2 Å². The minimum Gasteiger partial charge on any atom is -0.478 e. The molecule has 2 aromatic carbocycles. The lowest BCUT2D eigenvalue weighted by atomic mass is 10.1. The van der Waals surface area contributed by atoms with E-state index in [0.29, 0.717) is 5.69 Å². The van der Waals surface area contributed by atoms with Crippen LogP contribution in [0, 0.1) is 6.92 Å². The molecular formula is C19H23N3O2. The Bertz CT molecular complexity index is 737. The zero-order valence-electron chi connectivity index (χ0n) is 13.9. The van der Waals surface area contributed by atoms with Gasteiger partial charge >= 0.3 is 5.97 Å². The van der Waals surface area contributed by atoms with Crippen molar-refractivity contribution in [2.45, 2.75) is 13.5 Å². The number of piperazine rings is 1. The second-order valence-corrected chi connectivity index (χ2v) is 6.27. The summed E-state index contributed by atoms with van der Waals surface area (Å²) in [5.74, 6) is -0.944. The highest BCUT2D eigenvalue weighted by molar-refractivity contribution is 5.88. The van der Waals surface area contributed by atoms with E-state index in [2.05, 4.69) is 41.0 Å². The molecule has 1 aliphatic rings. The average molecular weight is 325 g/mol. The molecule has 0 aliphatic carbocycles. The SMILES string of the molecule is Cc1ccccc1N1CCN(Cc2ccc(C(=O)O)cc2N)CC1. The summed E-state index contributed by atoms with van der Waals surface area (Å²) in [5, 5.41) is 9.01. The van der Waals surface area contributed by atoms with Crippen molar-refractivity contribution in [2.24, 2.45) is 0 Å². The number of nitrogen functional groups attached to an aromatic ring is 1. The normalized spacial score (nSPS) is 15.5. The van der Waals surface area contributed by atoms with Crippen molar-refractivity contribution in [3.63, 3.8) is 0 Å². The van der Waals surface area contributed by atoms with Crippen LogP contribution in [0.3, 0.4) is 0 Å². The molecule has 2 aromatic rings. The molecule has 1 saturated heterocycles.